The van der Waals surface area contributed by atoms with Crippen molar-refractivity contribution in [2.75, 3.05) is 5.32 Å². The topological polar surface area (TPSA) is 68.0 Å². The van der Waals surface area contributed by atoms with Crippen molar-refractivity contribution < 1.29 is 13.7 Å². The van der Waals surface area contributed by atoms with E-state index in [-0.39, 0.29) is 23.9 Å². The molecule has 2 aromatic rings. The summed E-state index contributed by atoms with van der Waals surface area (Å²) in [4.78, 5) is 16.0. The van der Waals surface area contributed by atoms with E-state index in [9.17, 15) is 9.18 Å². The van der Waals surface area contributed by atoms with Crippen molar-refractivity contribution in [1.82, 2.24) is 10.1 Å². The number of nitrogens with zero attached hydrogens (tertiary/aromatic N) is 2. The molecule has 0 aliphatic rings. The standard InChI is InChI=1S/C15H18FN3O2/c1-9(2)15-18-14(21-19-15)7-6-13(20)17-12-8-10(3)4-5-11(12)16/h4-5,8-9H,6-7H2,1-3H3,(H,17,20). The number of aryl methyl sites for hydroxylation is 2. The van der Waals surface area contributed by atoms with Gasteiger partial charge >= 0.3 is 0 Å². The molecule has 0 fully saturated rings. The summed E-state index contributed by atoms with van der Waals surface area (Å²) in [6.45, 7) is 5.75. The van der Waals surface area contributed by atoms with E-state index in [1.165, 1.54) is 6.07 Å². The molecule has 0 aliphatic heterocycles. The van der Waals surface area contributed by atoms with E-state index in [0.717, 1.165) is 5.56 Å². The van der Waals surface area contributed by atoms with Crippen molar-refractivity contribution in [2.45, 2.75) is 39.5 Å². The summed E-state index contributed by atoms with van der Waals surface area (Å²) >= 11 is 0. The first-order valence-corrected chi connectivity index (χ1v) is 6.84. The summed E-state index contributed by atoms with van der Waals surface area (Å²) in [6, 6.07) is 4.57. The van der Waals surface area contributed by atoms with Crippen molar-refractivity contribution in [3.63, 3.8) is 0 Å². The Labute approximate surface area is 122 Å². The first kappa shape index (κ1) is 15.2. The molecule has 0 atom stereocenters. The lowest BCUT2D eigenvalue weighted by atomic mass is 10.2. The molecule has 0 unspecified atom stereocenters. The Morgan fingerprint density at radius 2 is 2.19 bits per heavy atom. The van der Waals surface area contributed by atoms with Crippen molar-refractivity contribution in [3.8, 4) is 0 Å². The number of nitrogens with one attached hydrogen (secondary N) is 1. The minimum absolute atomic E-state index is 0.160. The average Bonchev–Trinajstić information content (AvgIpc) is 2.90. The number of carbonyl (C=O) groups is 1. The molecule has 21 heavy (non-hydrogen) atoms. The Morgan fingerprint density at radius 3 is 2.86 bits per heavy atom. The monoisotopic (exact) mass is 291 g/mol. The van der Waals surface area contributed by atoms with Crippen molar-refractivity contribution >= 4 is 11.6 Å². The van der Waals surface area contributed by atoms with Gasteiger partial charge in [0, 0.05) is 18.8 Å². The smallest absolute Gasteiger partial charge is 0.227 e. The average molecular weight is 291 g/mol. The Bertz CT molecular complexity index is 638. The van der Waals surface area contributed by atoms with E-state index in [1.54, 1.807) is 12.1 Å². The molecule has 1 amide bonds. The third kappa shape index (κ3) is 4.11. The number of hydrogen-bond acceptors (Lipinski definition) is 4. The second kappa shape index (κ2) is 6.47. The van der Waals surface area contributed by atoms with Crippen LogP contribution in [-0.2, 0) is 11.2 Å². The third-order valence-corrected chi connectivity index (χ3v) is 2.96. The van der Waals surface area contributed by atoms with Gasteiger partial charge in [0.25, 0.3) is 0 Å². The summed E-state index contributed by atoms with van der Waals surface area (Å²) in [5.41, 5.74) is 1.07. The number of halogens is 1. The van der Waals surface area contributed by atoms with Crippen LogP contribution in [0.4, 0.5) is 10.1 Å². The van der Waals surface area contributed by atoms with Gasteiger partial charge in [0.2, 0.25) is 11.8 Å². The van der Waals surface area contributed by atoms with Crippen LogP contribution in [0, 0.1) is 12.7 Å². The number of rotatable bonds is 5. The molecule has 1 aromatic carbocycles. The van der Waals surface area contributed by atoms with Gasteiger partial charge < -0.3 is 9.84 Å². The number of benzene rings is 1. The van der Waals surface area contributed by atoms with E-state index >= 15 is 0 Å². The maximum Gasteiger partial charge on any atom is 0.227 e. The van der Waals surface area contributed by atoms with Crippen LogP contribution < -0.4 is 5.32 Å². The largest absolute Gasteiger partial charge is 0.339 e. The number of aromatic nitrogens is 2. The zero-order chi connectivity index (χ0) is 15.4. The van der Waals surface area contributed by atoms with E-state index in [1.807, 2.05) is 20.8 Å². The Kier molecular flexibility index (Phi) is 4.67. The van der Waals surface area contributed by atoms with Crippen LogP contribution in [0.15, 0.2) is 22.7 Å². The highest BCUT2D eigenvalue weighted by atomic mass is 19.1. The van der Waals surface area contributed by atoms with E-state index in [2.05, 4.69) is 15.5 Å². The molecule has 1 N–H and O–H groups in total. The molecule has 5 nitrogen and oxygen atoms in total. The third-order valence-electron chi connectivity index (χ3n) is 2.96. The molecule has 1 aromatic heterocycles. The minimum Gasteiger partial charge on any atom is -0.339 e. The van der Waals surface area contributed by atoms with Crippen LogP contribution in [0.3, 0.4) is 0 Å². The lowest BCUT2D eigenvalue weighted by Gasteiger charge is -2.06. The van der Waals surface area contributed by atoms with Crippen LogP contribution in [-0.4, -0.2) is 16.0 Å². The maximum absolute atomic E-state index is 13.5. The first-order valence-electron chi connectivity index (χ1n) is 6.84. The van der Waals surface area contributed by atoms with E-state index in [4.69, 9.17) is 4.52 Å². The molecular weight excluding hydrogens is 273 g/mol. The fourth-order valence-corrected chi connectivity index (χ4v) is 1.77. The highest BCUT2D eigenvalue weighted by molar-refractivity contribution is 5.90. The van der Waals surface area contributed by atoms with E-state index < -0.39 is 5.82 Å². The van der Waals surface area contributed by atoms with Crippen LogP contribution in [0.5, 0.6) is 0 Å². The van der Waals surface area contributed by atoms with Gasteiger partial charge in [-0.1, -0.05) is 25.1 Å². The van der Waals surface area contributed by atoms with Crippen molar-refractivity contribution in [2.24, 2.45) is 0 Å². The van der Waals surface area contributed by atoms with Gasteiger partial charge in [-0.05, 0) is 24.6 Å². The predicted octanol–water partition coefficient (Wildman–Crippen LogP) is 3.21. The Hall–Kier alpha value is -2.24. The minimum atomic E-state index is -0.450. The normalized spacial score (nSPS) is 10.9. The summed E-state index contributed by atoms with van der Waals surface area (Å²) in [7, 11) is 0. The highest BCUT2D eigenvalue weighted by Crippen LogP contribution is 2.16. The number of carbonyl (C=O) groups excluding carboxylic acids is 1. The molecular formula is C15H18FN3O2. The summed E-state index contributed by atoms with van der Waals surface area (Å²) < 4.78 is 18.6. The second-order valence-electron chi connectivity index (χ2n) is 5.23. The maximum atomic E-state index is 13.5. The van der Waals surface area contributed by atoms with Gasteiger partial charge in [-0.3, -0.25) is 4.79 Å². The molecule has 0 aliphatic carbocycles. The van der Waals surface area contributed by atoms with Gasteiger partial charge in [-0.25, -0.2) is 4.39 Å². The Morgan fingerprint density at radius 1 is 1.43 bits per heavy atom. The van der Waals surface area contributed by atoms with Crippen molar-refractivity contribution in [1.29, 1.82) is 0 Å². The lowest BCUT2D eigenvalue weighted by molar-refractivity contribution is -0.116. The molecule has 0 bridgehead atoms. The fourth-order valence-electron chi connectivity index (χ4n) is 1.77. The van der Waals surface area contributed by atoms with E-state index in [0.29, 0.717) is 18.1 Å². The molecule has 1 heterocycles. The summed E-state index contributed by atoms with van der Waals surface area (Å²) in [5.74, 6) is 0.476. The zero-order valence-electron chi connectivity index (χ0n) is 12.3. The van der Waals surface area contributed by atoms with Gasteiger partial charge in [-0.2, -0.15) is 4.98 Å². The van der Waals surface area contributed by atoms with Gasteiger partial charge in [-0.15, -0.1) is 0 Å². The predicted molar refractivity (Wildman–Crippen MR) is 76.5 cm³/mol. The number of hydrogen-bond donors (Lipinski definition) is 1. The van der Waals surface area contributed by atoms with Crippen LogP contribution in [0.2, 0.25) is 0 Å². The molecule has 112 valence electrons. The first-order chi connectivity index (χ1) is 9.95. The fraction of sp³-hybridized carbons (Fsp3) is 0.400. The number of anilines is 1. The van der Waals surface area contributed by atoms with Crippen LogP contribution >= 0.6 is 0 Å². The van der Waals surface area contributed by atoms with Crippen LogP contribution in [0.25, 0.3) is 0 Å². The summed E-state index contributed by atoms with van der Waals surface area (Å²) in [5, 5.41) is 6.37. The molecule has 0 saturated heterocycles. The summed E-state index contributed by atoms with van der Waals surface area (Å²) in [6.07, 6.45) is 0.492. The van der Waals surface area contributed by atoms with Crippen LogP contribution in [0.1, 0.15) is 43.5 Å². The molecule has 0 radical (unpaired) electrons. The number of amides is 1. The van der Waals surface area contributed by atoms with Gasteiger partial charge in [0.15, 0.2) is 5.82 Å². The van der Waals surface area contributed by atoms with Gasteiger partial charge in [0.05, 0.1) is 5.69 Å². The lowest BCUT2D eigenvalue weighted by Crippen LogP contribution is -2.13. The highest BCUT2D eigenvalue weighted by Gasteiger charge is 2.12. The molecule has 2 rings (SSSR count). The SMILES string of the molecule is Cc1ccc(F)c(NC(=O)CCc2nc(C(C)C)no2)c1. The van der Waals surface area contributed by atoms with Gasteiger partial charge in [0.1, 0.15) is 5.82 Å². The zero-order valence-corrected chi connectivity index (χ0v) is 12.3. The van der Waals surface area contributed by atoms with Crippen molar-refractivity contribution in [3.05, 3.63) is 41.3 Å². The second-order valence-corrected chi connectivity index (χ2v) is 5.23. The molecule has 0 saturated carbocycles. The molecule has 0 spiro atoms. The quantitative estimate of drug-likeness (QED) is 0.918. The molecule has 6 heteroatoms. The Balaban J connectivity index is 1.91.